The Balaban J connectivity index is 1.97. The van der Waals surface area contributed by atoms with Crippen LogP contribution in [-0.4, -0.2) is 18.6 Å². The van der Waals surface area contributed by atoms with Crippen molar-refractivity contribution in [3.63, 3.8) is 0 Å². The molecule has 0 saturated heterocycles. The third-order valence-electron chi connectivity index (χ3n) is 2.71. The third kappa shape index (κ3) is 3.71. The van der Waals surface area contributed by atoms with Gasteiger partial charge in [0.15, 0.2) is 5.75 Å². The lowest BCUT2D eigenvalue weighted by molar-refractivity contribution is -0.385. The van der Waals surface area contributed by atoms with Gasteiger partial charge in [0.05, 0.1) is 15.8 Å². The predicted molar refractivity (Wildman–Crippen MR) is 83.9 cm³/mol. The first-order valence-electron chi connectivity index (χ1n) is 5.90. The third-order valence-corrected chi connectivity index (χ3v) is 4.39. The highest BCUT2D eigenvalue weighted by atomic mass is 79.9. The number of nitro benzene ring substituents is 1. The van der Waals surface area contributed by atoms with Gasteiger partial charge in [-0.2, -0.15) is 0 Å². The van der Waals surface area contributed by atoms with Crippen LogP contribution in [0.4, 0.5) is 11.4 Å². The Labute approximate surface area is 128 Å². The van der Waals surface area contributed by atoms with Crippen molar-refractivity contribution in [2.45, 2.75) is 6.42 Å². The fraction of sp³-hybridized carbons (Fsp3) is 0.231. The molecule has 0 saturated carbocycles. The summed E-state index contributed by atoms with van der Waals surface area (Å²) in [6, 6.07) is 8.87. The highest BCUT2D eigenvalue weighted by Crippen LogP contribution is 2.29. The summed E-state index contributed by atoms with van der Waals surface area (Å²) in [7, 11) is 1.43. The van der Waals surface area contributed by atoms with Gasteiger partial charge in [-0.05, 0) is 40.5 Å². The molecule has 0 aliphatic rings. The predicted octanol–water partition coefficient (Wildman–Crippen LogP) is 4.08. The molecular formula is C13H13BrN2O3S. The molecule has 20 heavy (non-hydrogen) atoms. The molecule has 2 rings (SSSR count). The summed E-state index contributed by atoms with van der Waals surface area (Å²) in [6.45, 7) is 0.758. The minimum atomic E-state index is -0.453. The zero-order valence-corrected chi connectivity index (χ0v) is 13.2. The number of methoxy groups -OCH3 is 1. The van der Waals surface area contributed by atoms with Crippen LogP contribution in [-0.2, 0) is 6.42 Å². The first kappa shape index (κ1) is 14.8. The number of hydrogen-bond donors (Lipinski definition) is 1. The average Bonchev–Trinajstić information content (AvgIpc) is 2.84. The van der Waals surface area contributed by atoms with Crippen molar-refractivity contribution in [3.05, 3.63) is 49.1 Å². The van der Waals surface area contributed by atoms with E-state index in [1.165, 1.54) is 18.1 Å². The van der Waals surface area contributed by atoms with Gasteiger partial charge in [-0.25, -0.2) is 0 Å². The number of halogens is 1. The molecule has 0 spiro atoms. The van der Waals surface area contributed by atoms with Crippen LogP contribution in [0.3, 0.4) is 0 Å². The number of anilines is 1. The molecule has 1 heterocycles. The van der Waals surface area contributed by atoms with Crippen LogP contribution in [0.2, 0.25) is 0 Å². The van der Waals surface area contributed by atoms with E-state index in [1.807, 2.05) is 6.07 Å². The van der Waals surface area contributed by atoms with Crippen molar-refractivity contribution in [3.8, 4) is 5.75 Å². The van der Waals surface area contributed by atoms with Crippen molar-refractivity contribution in [1.29, 1.82) is 0 Å². The van der Waals surface area contributed by atoms with E-state index in [0.29, 0.717) is 0 Å². The normalized spacial score (nSPS) is 10.3. The second-order valence-corrected chi connectivity index (χ2v) is 6.57. The van der Waals surface area contributed by atoms with Gasteiger partial charge in [0.1, 0.15) is 0 Å². The van der Waals surface area contributed by atoms with Crippen molar-refractivity contribution in [2.24, 2.45) is 0 Å². The Morgan fingerprint density at radius 1 is 1.40 bits per heavy atom. The van der Waals surface area contributed by atoms with E-state index in [1.54, 1.807) is 23.5 Å². The largest absolute Gasteiger partial charge is 0.490 e. The summed E-state index contributed by atoms with van der Waals surface area (Å²) in [5, 5.41) is 14.0. The summed E-state index contributed by atoms with van der Waals surface area (Å²) in [6.07, 6.45) is 0.898. The van der Waals surface area contributed by atoms with E-state index in [2.05, 4.69) is 27.3 Å². The molecule has 0 bridgehead atoms. The van der Waals surface area contributed by atoms with Gasteiger partial charge in [0, 0.05) is 29.2 Å². The van der Waals surface area contributed by atoms with Crippen molar-refractivity contribution >= 4 is 38.6 Å². The molecule has 5 nitrogen and oxygen atoms in total. The number of nitrogens with one attached hydrogen (secondary N) is 1. The maximum Gasteiger partial charge on any atom is 0.311 e. The summed E-state index contributed by atoms with van der Waals surface area (Å²) in [5.41, 5.74) is 0.781. The number of rotatable bonds is 6. The highest BCUT2D eigenvalue weighted by Gasteiger charge is 2.14. The molecule has 0 unspecified atom stereocenters. The maximum absolute atomic E-state index is 10.8. The highest BCUT2D eigenvalue weighted by molar-refractivity contribution is 9.11. The fourth-order valence-electron chi connectivity index (χ4n) is 1.75. The standard InChI is InChI=1S/C13H13BrN2O3S/c1-19-12-8-9(2-4-11(12)16(17)18)15-7-6-10-3-5-13(14)20-10/h2-5,8,15H,6-7H2,1H3. The summed E-state index contributed by atoms with van der Waals surface area (Å²) >= 11 is 5.13. The zero-order valence-electron chi connectivity index (χ0n) is 10.8. The van der Waals surface area contributed by atoms with Crippen LogP contribution in [0.15, 0.2) is 34.1 Å². The lowest BCUT2D eigenvalue weighted by Crippen LogP contribution is -2.04. The Morgan fingerprint density at radius 2 is 2.20 bits per heavy atom. The monoisotopic (exact) mass is 356 g/mol. The first-order valence-corrected chi connectivity index (χ1v) is 7.51. The van der Waals surface area contributed by atoms with Gasteiger partial charge >= 0.3 is 5.69 Å². The second-order valence-electron chi connectivity index (χ2n) is 4.03. The molecule has 0 atom stereocenters. The van der Waals surface area contributed by atoms with Crippen molar-refractivity contribution in [2.75, 3.05) is 19.0 Å². The van der Waals surface area contributed by atoms with Gasteiger partial charge in [0.25, 0.3) is 0 Å². The lowest BCUT2D eigenvalue weighted by Gasteiger charge is -2.07. The van der Waals surface area contributed by atoms with Gasteiger partial charge in [-0.1, -0.05) is 0 Å². The molecule has 2 aromatic rings. The fourth-order valence-corrected chi connectivity index (χ4v) is 3.24. The molecule has 1 aromatic carbocycles. The molecule has 0 radical (unpaired) electrons. The number of thiophene rings is 1. The molecule has 0 fully saturated rings. The van der Waals surface area contributed by atoms with E-state index in [-0.39, 0.29) is 11.4 Å². The lowest BCUT2D eigenvalue weighted by atomic mass is 10.2. The Bertz CT molecular complexity index is 615. The topological polar surface area (TPSA) is 64.4 Å². The SMILES string of the molecule is COc1cc(NCCc2ccc(Br)s2)ccc1[N+](=O)[O-]. The van der Waals surface area contributed by atoms with Crippen molar-refractivity contribution in [1.82, 2.24) is 0 Å². The Morgan fingerprint density at radius 3 is 2.80 bits per heavy atom. The maximum atomic E-state index is 10.8. The molecule has 1 aromatic heterocycles. The Kier molecular flexibility index (Phi) is 4.97. The number of benzene rings is 1. The molecule has 0 aliphatic heterocycles. The number of nitrogens with zero attached hydrogens (tertiary/aromatic N) is 1. The number of nitro groups is 1. The number of ether oxygens (including phenoxy) is 1. The van der Waals surface area contributed by atoms with E-state index in [0.717, 1.165) is 22.4 Å². The van der Waals surface area contributed by atoms with Gasteiger partial charge < -0.3 is 10.1 Å². The van der Waals surface area contributed by atoms with Gasteiger partial charge in [-0.3, -0.25) is 10.1 Å². The molecule has 0 aliphatic carbocycles. The zero-order chi connectivity index (χ0) is 14.5. The molecule has 7 heteroatoms. The van der Waals surface area contributed by atoms with Gasteiger partial charge in [-0.15, -0.1) is 11.3 Å². The summed E-state index contributed by atoms with van der Waals surface area (Å²) in [5.74, 6) is 0.263. The van der Waals surface area contributed by atoms with E-state index in [4.69, 9.17) is 4.74 Å². The van der Waals surface area contributed by atoms with Crippen LogP contribution in [0, 0.1) is 10.1 Å². The molecule has 0 amide bonds. The average molecular weight is 357 g/mol. The summed E-state index contributed by atoms with van der Waals surface area (Å²) < 4.78 is 6.14. The molecule has 1 N–H and O–H groups in total. The van der Waals surface area contributed by atoms with Crippen LogP contribution in [0.25, 0.3) is 0 Å². The van der Waals surface area contributed by atoms with E-state index >= 15 is 0 Å². The van der Waals surface area contributed by atoms with Crippen LogP contribution >= 0.6 is 27.3 Å². The summed E-state index contributed by atoms with van der Waals surface area (Å²) in [4.78, 5) is 11.6. The second kappa shape index (κ2) is 6.71. The number of hydrogen-bond acceptors (Lipinski definition) is 5. The van der Waals surface area contributed by atoms with Crippen LogP contribution < -0.4 is 10.1 Å². The quantitative estimate of drug-likeness (QED) is 0.625. The van der Waals surface area contributed by atoms with Crippen LogP contribution in [0.1, 0.15) is 4.88 Å². The minimum Gasteiger partial charge on any atom is -0.490 e. The molecular weight excluding hydrogens is 344 g/mol. The van der Waals surface area contributed by atoms with E-state index in [9.17, 15) is 10.1 Å². The van der Waals surface area contributed by atoms with Gasteiger partial charge in [0.2, 0.25) is 0 Å². The van der Waals surface area contributed by atoms with Crippen LogP contribution in [0.5, 0.6) is 5.75 Å². The minimum absolute atomic E-state index is 0.0276. The first-order chi connectivity index (χ1) is 9.60. The van der Waals surface area contributed by atoms with Crippen molar-refractivity contribution < 1.29 is 9.66 Å². The Hall–Kier alpha value is -1.60. The molecule has 106 valence electrons. The smallest absolute Gasteiger partial charge is 0.311 e. The van der Waals surface area contributed by atoms with E-state index < -0.39 is 4.92 Å².